The molecule has 31 heavy (non-hydrogen) atoms. The van der Waals surface area contributed by atoms with Gasteiger partial charge in [0.2, 0.25) is 5.43 Å². The first kappa shape index (κ1) is 20.2. The fraction of sp³-hybridized carbons (Fsp3) is 0.476. The molecule has 2 aliphatic rings. The van der Waals surface area contributed by atoms with E-state index >= 15 is 4.39 Å². The van der Waals surface area contributed by atoms with Crippen LogP contribution in [-0.2, 0) is 4.84 Å². The molecule has 2 aromatic heterocycles. The van der Waals surface area contributed by atoms with Crippen LogP contribution in [0.3, 0.4) is 0 Å². The van der Waals surface area contributed by atoms with E-state index in [2.05, 4.69) is 16.5 Å². The van der Waals surface area contributed by atoms with Gasteiger partial charge in [0.25, 0.3) is 5.56 Å². The monoisotopic (exact) mass is 445 g/mol. The normalized spacial score (nSPS) is 22.8. The van der Waals surface area contributed by atoms with Crippen molar-refractivity contribution in [2.75, 3.05) is 31.6 Å². The molecule has 8 nitrogen and oxygen atoms in total. The Morgan fingerprint density at radius 1 is 1.39 bits per heavy atom. The average Bonchev–Trinajstić information content (AvgIpc) is 3.41. The lowest BCUT2D eigenvalue weighted by atomic mass is 9.84. The van der Waals surface area contributed by atoms with Crippen LogP contribution in [0.15, 0.2) is 26.9 Å². The molecule has 2 fully saturated rings. The summed E-state index contributed by atoms with van der Waals surface area (Å²) in [5.74, 6) is -0.494. The Morgan fingerprint density at radius 3 is 2.84 bits per heavy atom. The first-order valence-electron chi connectivity index (χ1n) is 10.3. The molecule has 1 aliphatic carbocycles. The summed E-state index contributed by atoms with van der Waals surface area (Å²) in [6.45, 7) is 3.50. The largest absolute Gasteiger partial charge is 0.399 e. The van der Waals surface area contributed by atoms with Gasteiger partial charge in [-0.05, 0) is 49.5 Å². The lowest BCUT2D eigenvalue weighted by Gasteiger charge is -2.25. The zero-order valence-electron chi connectivity index (χ0n) is 17.4. The SMILES string of the molecule is CON=C1CN(c2cc3c(cc2F)c(=O)c2c(=O)[nH]sc2n3C2CC2)CC1(C)CCN. The molecule has 3 heterocycles. The molecule has 0 bridgehead atoms. The van der Waals surface area contributed by atoms with Crippen molar-refractivity contribution in [1.29, 1.82) is 0 Å². The summed E-state index contributed by atoms with van der Waals surface area (Å²) >= 11 is 1.16. The number of nitrogens with one attached hydrogen (secondary N) is 1. The number of hydrogen-bond donors (Lipinski definition) is 2. The van der Waals surface area contributed by atoms with Gasteiger partial charge in [-0.1, -0.05) is 12.1 Å². The summed E-state index contributed by atoms with van der Waals surface area (Å²) < 4.78 is 20.0. The third-order valence-corrected chi connectivity index (χ3v) is 7.31. The summed E-state index contributed by atoms with van der Waals surface area (Å²) in [5, 5.41) is 4.53. The van der Waals surface area contributed by atoms with Gasteiger partial charge in [0.05, 0.1) is 23.5 Å². The molecule has 5 rings (SSSR count). The Kier molecular flexibility index (Phi) is 4.67. The highest BCUT2D eigenvalue weighted by molar-refractivity contribution is 7.12. The van der Waals surface area contributed by atoms with E-state index in [1.54, 1.807) is 6.07 Å². The van der Waals surface area contributed by atoms with E-state index in [1.165, 1.54) is 13.2 Å². The maximum Gasteiger partial charge on any atom is 0.271 e. The molecular formula is C21H24FN5O3S. The lowest BCUT2D eigenvalue weighted by molar-refractivity contribution is 0.208. The number of pyridine rings is 1. The van der Waals surface area contributed by atoms with E-state index in [9.17, 15) is 9.59 Å². The van der Waals surface area contributed by atoms with Crippen molar-refractivity contribution in [2.24, 2.45) is 16.3 Å². The van der Waals surface area contributed by atoms with Crippen LogP contribution in [0.1, 0.15) is 32.2 Å². The van der Waals surface area contributed by atoms with Gasteiger partial charge in [-0.15, -0.1) is 0 Å². The number of fused-ring (bicyclic) bond motifs is 2. The molecule has 1 aromatic carbocycles. The zero-order valence-corrected chi connectivity index (χ0v) is 18.2. The third kappa shape index (κ3) is 3.08. The summed E-state index contributed by atoms with van der Waals surface area (Å²) in [5.41, 5.74) is 6.54. The van der Waals surface area contributed by atoms with Gasteiger partial charge in [-0.2, -0.15) is 0 Å². The van der Waals surface area contributed by atoms with Crippen LogP contribution < -0.4 is 21.6 Å². The molecule has 164 valence electrons. The van der Waals surface area contributed by atoms with Gasteiger partial charge < -0.3 is 20.0 Å². The van der Waals surface area contributed by atoms with E-state index in [0.717, 1.165) is 30.1 Å². The molecule has 1 saturated carbocycles. The molecule has 1 saturated heterocycles. The second-order valence-electron chi connectivity index (χ2n) is 8.64. The molecule has 0 amide bonds. The van der Waals surface area contributed by atoms with E-state index in [4.69, 9.17) is 10.6 Å². The second kappa shape index (κ2) is 7.16. The van der Waals surface area contributed by atoms with E-state index in [1.807, 2.05) is 9.47 Å². The van der Waals surface area contributed by atoms with Crippen molar-refractivity contribution in [3.63, 3.8) is 0 Å². The summed E-state index contributed by atoms with van der Waals surface area (Å²) in [7, 11) is 1.50. The minimum Gasteiger partial charge on any atom is -0.399 e. The van der Waals surface area contributed by atoms with Gasteiger partial charge in [0.15, 0.2) is 0 Å². The standard InChI is InChI=1S/C21H24FN5O3S/c1-21(5-6-23)10-26(9-16(21)24-30-2)15-8-14-12(7-13(15)22)18(28)17-19(29)25-31-20(17)27(14)11-3-4-11/h7-8,11H,3-6,9-10,23H2,1-2H3,(H,25,29). The number of oxime groups is 1. The smallest absolute Gasteiger partial charge is 0.271 e. The minimum absolute atomic E-state index is 0.114. The van der Waals surface area contributed by atoms with Crippen LogP contribution in [0.2, 0.25) is 0 Å². The molecule has 0 radical (unpaired) electrons. The Labute approximate surface area is 181 Å². The van der Waals surface area contributed by atoms with E-state index < -0.39 is 16.8 Å². The Morgan fingerprint density at radius 2 is 2.16 bits per heavy atom. The second-order valence-corrected chi connectivity index (χ2v) is 9.44. The maximum atomic E-state index is 15.3. The van der Waals surface area contributed by atoms with Gasteiger partial charge in [0.1, 0.15) is 23.1 Å². The minimum atomic E-state index is -0.494. The molecular weight excluding hydrogens is 421 g/mol. The highest BCUT2D eigenvalue weighted by Crippen LogP contribution is 2.42. The van der Waals surface area contributed by atoms with Gasteiger partial charge in [-0.3, -0.25) is 14.0 Å². The number of hydrogen-bond acceptors (Lipinski definition) is 7. The number of nitrogens with two attached hydrogens (primary N) is 1. The first-order valence-corrected chi connectivity index (χ1v) is 11.1. The lowest BCUT2D eigenvalue weighted by Crippen LogP contribution is -2.30. The predicted octanol–water partition coefficient (Wildman–Crippen LogP) is 2.56. The van der Waals surface area contributed by atoms with Crippen LogP contribution in [-0.4, -0.2) is 41.4 Å². The molecule has 1 unspecified atom stereocenters. The van der Waals surface area contributed by atoms with Crippen LogP contribution >= 0.6 is 11.5 Å². The van der Waals surface area contributed by atoms with Crippen LogP contribution in [0.4, 0.5) is 10.1 Å². The maximum absolute atomic E-state index is 15.3. The third-order valence-electron chi connectivity index (χ3n) is 6.42. The van der Waals surface area contributed by atoms with Gasteiger partial charge in [-0.25, -0.2) is 4.39 Å². The zero-order chi connectivity index (χ0) is 21.9. The highest BCUT2D eigenvalue weighted by Gasteiger charge is 2.41. The summed E-state index contributed by atoms with van der Waals surface area (Å²) in [6.07, 6.45) is 2.63. The molecule has 0 spiro atoms. The van der Waals surface area contributed by atoms with E-state index in [0.29, 0.717) is 42.1 Å². The highest BCUT2D eigenvalue weighted by atomic mass is 32.1. The van der Waals surface area contributed by atoms with E-state index in [-0.39, 0.29) is 22.2 Å². The number of benzene rings is 1. The molecule has 3 aromatic rings. The number of H-pyrrole nitrogens is 1. The Balaban J connectivity index is 1.71. The number of halogens is 1. The number of nitrogens with zero attached hydrogens (tertiary/aromatic N) is 3. The fourth-order valence-corrected chi connectivity index (χ4v) is 5.60. The fourth-order valence-electron chi connectivity index (χ4n) is 4.68. The van der Waals surface area contributed by atoms with Crippen molar-refractivity contribution >= 4 is 44.1 Å². The van der Waals surface area contributed by atoms with Crippen molar-refractivity contribution in [2.45, 2.75) is 32.2 Å². The topological polar surface area (TPSA) is 106 Å². The quantitative estimate of drug-likeness (QED) is 0.587. The average molecular weight is 446 g/mol. The van der Waals surface area contributed by atoms with Gasteiger partial charge >= 0.3 is 0 Å². The van der Waals surface area contributed by atoms with Crippen LogP contribution in [0, 0.1) is 11.2 Å². The number of aromatic amines is 1. The molecule has 10 heteroatoms. The van der Waals surface area contributed by atoms with Crippen molar-refractivity contribution in [3.05, 3.63) is 38.5 Å². The van der Waals surface area contributed by atoms with Crippen LogP contribution in [0.5, 0.6) is 0 Å². The van der Waals surface area contributed by atoms with Crippen molar-refractivity contribution in [1.82, 2.24) is 8.94 Å². The number of rotatable bonds is 5. The van der Waals surface area contributed by atoms with Crippen molar-refractivity contribution < 1.29 is 9.23 Å². The number of anilines is 1. The predicted molar refractivity (Wildman–Crippen MR) is 121 cm³/mol. The van der Waals surface area contributed by atoms with Crippen molar-refractivity contribution in [3.8, 4) is 0 Å². The Bertz CT molecular complexity index is 1340. The summed E-state index contributed by atoms with van der Waals surface area (Å²) in [4.78, 5) is 32.8. The number of aromatic nitrogens is 2. The van der Waals surface area contributed by atoms with Gasteiger partial charge in [0, 0.05) is 23.4 Å². The Hall–Kier alpha value is -2.72. The molecule has 3 N–H and O–H groups in total. The summed E-state index contributed by atoms with van der Waals surface area (Å²) in [6, 6.07) is 3.22. The first-order chi connectivity index (χ1) is 14.9. The van der Waals surface area contributed by atoms with Crippen LogP contribution in [0.25, 0.3) is 21.1 Å². The molecule has 1 atom stereocenters. The molecule has 1 aliphatic heterocycles.